The lowest BCUT2D eigenvalue weighted by Gasteiger charge is -2.22. The molecule has 1 heterocycles. The van der Waals surface area contributed by atoms with E-state index >= 15 is 0 Å². The van der Waals surface area contributed by atoms with E-state index < -0.39 is 18.6 Å². The summed E-state index contributed by atoms with van der Waals surface area (Å²) >= 11 is 0. The summed E-state index contributed by atoms with van der Waals surface area (Å²) in [6.07, 6.45) is -1.61. The first kappa shape index (κ1) is 18.8. The first-order chi connectivity index (χ1) is 11.8. The molecule has 0 atom stereocenters. The van der Waals surface area contributed by atoms with E-state index in [9.17, 15) is 18.0 Å². The average molecular weight is 352 g/mol. The molecule has 0 saturated heterocycles. The van der Waals surface area contributed by atoms with Crippen molar-refractivity contribution in [3.8, 4) is 11.3 Å². The Morgan fingerprint density at radius 2 is 2.00 bits per heavy atom. The quantitative estimate of drug-likeness (QED) is 0.703. The molecule has 0 radical (unpaired) electrons. The van der Waals surface area contributed by atoms with Crippen molar-refractivity contribution >= 4 is 5.91 Å². The molecule has 0 bridgehead atoms. The summed E-state index contributed by atoms with van der Waals surface area (Å²) in [6.45, 7) is 3.90. The maximum atomic E-state index is 12.5. The van der Waals surface area contributed by atoms with Crippen LogP contribution >= 0.6 is 0 Å². The Bertz CT molecular complexity index is 721. The molecule has 1 aromatic carbocycles. The highest BCUT2D eigenvalue weighted by Crippen LogP contribution is 2.22. The molecule has 0 spiro atoms. The maximum absolute atomic E-state index is 12.5. The van der Waals surface area contributed by atoms with Gasteiger partial charge >= 0.3 is 6.18 Å². The molecule has 2 rings (SSSR count). The summed E-state index contributed by atoms with van der Waals surface area (Å²) in [5.74, 6) is 0.252. The molecule has 1 amide bonds. The van der Waals surface area contributed by atoms with Gasteiger partial charge in [0.1, 0.15) is 6.54 Å². The van der Waals surface area contributed by atoms with Crippen LogP contribution in [0.15, 0.2) is 47.5 Å². The number of aryl methyl sites for hydroxylation is 2. The summed E-state index contributed by atoms with van der Waals surface area (Å²) in [5, 5.41) is 0. The standard InChI is InChI=1S/C18H19F3N2O2/c1-3-10-23(12-18(19,20)21)17(24)9-8-16-22-11-15(25-16)14-6-4-13(2)5-7-14/h3-7,11H,1,8-10,12H2,2H3. The zero-order valence-corrected chi connectivity index (χ0v) is 13.8. The molecule has 134 valence electrons. The molecule has 0 saturated carbocycles. The lowest BCUT2D eigenvalue weighted by Crippen LogP contribution is -2.39. The molecular weight excluding hydrogens is 333 g/mol. The highest BCUT2D eigenvalue weighted by molar-refractivity contribution is 5.76. The molecule has 25 heavy (non-hydrogen) atoms. The second-order valence-electron chi connectivity index (χ2n) is 5.66. The first-order valence-electron chi connectivity index (χ1n) is 7.75. The van der Waals surface area contributed by atoms with E-state index in [4.69, 9.17) is 4.42 Å². The minimum absolute atomic E-state index is 0.113. The number of alkyl halides is 3. The van der Waals surface area contributed by atoms with Crippen LogP contribution in [0.3, 0.4) is 0 Å². The predicted octanol–water partition coefficient (Wildman–Crippen LogP) is 4.16. The van der Waals surface area contributed by atoms with Crippen LogP contribution in [0, 0.1) is 6.92 Å². The maximum Gasteiger partial charge on any atom is 0.406 e. The van der Waals surface area contributed by atoms with Gasteiger partial charge in [-0.1, -0.05) is 35.9 Å². The average Bonchev–Trinajstić information content (AvgIpc) is 3.00. The molecule has 0 fully saturated rings. The van der Waals surface area contributed by atoms with Crippen molar-refractivity contribution < 1.29 is 22.4 Å². The minimum atomic E-state index is -4.44. The second kappa shape index (κ2) is 8.00. The van der Waals surface area contributed by atoms with Gasteiger partial charge in [-0.3, -0.25) is 4.79 Å². The van der Waals surface area contributed by atoms with Crippen LogP contribution in [-0.2, 0) is 11.2 Å². The fourth-order valence-electron chi connectivity index (χ4n) is 2.28. The Balaban J connectivity index is 1.97. The fourth-order valence-corrected chi connectivity index (χ4v) is 2.28. The van der Waals surface area contributed by atoms with Gasteiger partial charge in [0.15, 0.2) is 11.7 Å². The number of benzene rings is 1. The van der Waals surface area contributed by atoms with Gasteiger partial charge < -0.3 is 9.32 Å². The van der Waals surface area contributed by atoms with E-state index in [1.165, 1.54) is 6.08 Å². The number of halogens is 3. The van der Waals surface area contributed by atoms with Crippen molar-refractivity contribution in [1.29, 1.82) is 0 Å². The summed E-state index contributed by atoms with van der Waals surface area (Å²) < 4.78 is 43.1. The third kappa shape index (κ3) is 5.77. The van der Waals surface area contributed by atoms with Crippen molar-refractivity contribution in [1.82, 2.24) is 9.88 Å². The van der Waals surface area contributed by atoms with Crippen molar-refractivity contribution in [2.45, 2.75) is 25.9 Å². The van der Waals surface area contributed by atoms with Crippen LogP contribution in [0.5, 0.6) is 0 Å². The Morgan fingerprint density at radius 1 is 1.32 bits per heavy atom. The molecule has 2 aromatic rings. The second-order valence-corrected chi connectivity index (χ2v) is 5.66. The van der Waals surface area contributed by atoms with E-state index in [1.807, 2.05) is 31.2 Å². The minimum Gasteiger partial charge on any atom is -0.441 e. The Hall–Kier alpha value is -2.57. The van der Waals surface area contributed by atoms with Gasteiger partial charge in [-0.15, -0.1) is 6.58 Å². The van der Waals surface area contributed by atoms with Crippen molar-refractivity contribution in [2.75, 3.05) is 13.1 Å². The third-order valence-corrected chi connectivity index (χ3v) is 3.51. The molecule has 4 nitrogen and oxygen atoms in total. The number of oxazole rings is 1. The molecular formula is C18H19F3N2O2. The van der Waals surface area contributed by atoms with E-state index in [2.05, 4.69) is 11.6 Å². The van der Waals surface area contributed by atoms with Crippen LogP contribution in [0.2, 0.25) is 0 Å². The molecule has 7 heteroatoms. The number of amides is 1. The smallest absolute Gasteiger partial charge is 0.406 e. The number of rotatable bonds is 7. The van der Waals surface area contributed by atoms with Gasteiger partial charge in [-0.25, -0.2) is 4.98 Å². The molecule has 0 unspecified atom stereocenters. The van der Waals surface area contributed by atoms with Gasteiger partial charge in [0.05, 0.1) is 6.20 Å². The zero-order chi connectivity index (χ0) is 18.4. The Labute approximate surface area is 144 Å². The summed E-state index contributed by atoms with van der Waals surface area (Å²) in [5.41, 5.74) is 1.96. The largest absolute Gasteiger partial charge is 0.441 e. The number of carbonyl (C=O) groups is 1. The van der Waals surface area contributed by atoms with Gasteiger partial charge in [0, 0.05) is 24.9 Å². The highest BCUT2D eigenvalue weighted by Gasteiger charge is 2.32. The lowest BCUT2D eigenvalue weighted by atomic mass is 10.1. The number of nitrogens with zero attached hydrogens (tertiary/aromatic N) is 2. The number of hydrogen-bond acceptors (Lipinski definition) is 3. The monoisotopic (exact) mass is 352 g/mol. The van der Waals surface area contributed by atoms with E-state index in [0.717, 1.165) is 16.0 Å². The van der Waals surface area contributed by atoms with Gasteiger partial charge in [-0.05, 0) is 6.92 Å². The van der Waals surface area contributed by atoms with Crippen molar-refractivity contribution in [3.63, 3.8) is 0 Å². The Kier molecular flexibility index (Phi) is 6.01. The summed E-state index contributed by atoms with van der Waals surface area (Å²) in [4.78, 5) is 16.8. The van der Waals surface area contributed by atoms with Crippen LogP contribution in [0.1, 0.15) is 17.9 Å². The van der Waals surface area contributed by atoms with Crippen LogP contribution in [-0.4, -0.2) is 35.1 Å². The van der Waals surface area contributed by atoms with Gasteiger partial charge in [-0.2, -0.15) is 13.2 Å². The van der Waals surface area contributed by atoms with E-state index in [1.54, 1.807) is 6.20 Å². The summed E-state index contributed by atoms with van der Waals surface area (Å²) in [6, 6.07) is 7.65. The number of aromatic nitrogens is 1. The Morgan fingerprint density at radius 3 is 2.60 bits per heavy atom. The van der Waals surface area contributed by atoms with Crippen LogP contribution in [0.25, 0.3) is 11.3 Å². The molecule has 0 aliphatic rings. The fraction of sp³-hybridized carbons (Fsp3) is 0.333. The molecule has 0 aliphatic heterocycles. The van der Waals surface area contributed by atoms with E-state index in [-0.39, 0.29) is 19.4 Å². The SMILES string of the molecule is C=CCN(CC(F)(F)F)C(=O)CCc1ncc(-c2ccc(C)cc2)o1. The number of carbonyl (C=O) groups excluding carboxylic acids is 1. The van der Waals surface area contributed by atoms with Crippen molar-refractivity contribution in [3.05, 3.63) is 54.6 Å². The van der Waals surface area contributed by atoms with Crippen molar-refractivity contribution in [2.24, 2.45) is 0 Å². The predicted molar refractivity (Wildman–Crippen MR) is 87.8 cm³/mol. The lowest BCUT2D eigenvalue weighted by molar-refractivity contribution is -0.160. The van der Waals surface area contributed by atoms with Crippen LogP contribution in [0.4, 0.5) is 13.2 Å². The van der Waals surface area contributed by atoms with Gasteiger partial charge in [0.25, 0.3) is 0 Å². The number of hydrogen-bond donors (Lipinski definition) is 0. The first-order valence-corrected chi connectivity index (χ1v) is 7.75. The third-order valence-electron chi connectivity index (χ3n) is 3.51. The summed E-state index contributed by atoms with van der Waals surface area (Å²) in [7, 11) is 0. The highest BCUT2D eigenvalue weighted by atomic mass is 19.4. The topological polar surface area (TPSA) is 46.3 Å². The van der Waals surface area contributed by atoms with Crippen LogP contribution < -0.4 is 0 Å². The normalized spacial score (nSPS) is 11.4. The van der Waals surface area contributed by atoms with E-state index in [0.29, 0.717) is 11.7 Å². The molecule has 0 aliphatic carbocycles. The van der Waals surface area contributed by atoms with Gasteiger partial charge in [0.2, 0.25) is 5.91 Å². The molecule has 1 aromatic heterocycles. The molecule has 0 N–H and O–H groups in total. The zero-order valence-electron chi connectivity index (χ0n) is 13.8.